The number of esters is 1. The number of carbonyl (C=O) groups excluding carboxylic acids is 2. The van der Waals surface area contributed by atoms with E-state index in [-0.39, 0.29) is 17.9 Å². The Balaban J connectivity index is 1.27. The minimum atomic E-state index is -1.88. The lowest BCUT2D eigenvalue weighted by molar-refractivity contribution is -0.945. The van der Waals surface area contributed by atoms with Crippen molar-refractivity contribution in [2.75, 3.05) is 32.7 Å². The Morgan fingerprint density at radius 1 is 0.946 bits per heavy atom. The Morgan fingerprint density at radius 2 is 1.57 bits per heavy atom. The lowest BCUT2D eigenvalue weighted by Crippen LogP contribution is -2.66. The van der Waals surface area contributed by atoms with Gasteiger partial charge in [-0.05, 0) is 29.3 Å². The summed E-state index contributed by atoms with van der Waals surface area (Å²) in [7, 11) is 0. The maximum Gasteiger partial charge on any atom is 0.348 e. The number of hydrogen-bond acceptors (Lipinski definition) is 4. The van der Waals surface area contributed by atoms with Crippen LogP contribution in [0.25, 0.3) is 0 Å². The van der Waals surface area contributed by atoms with Gasteiger partial charge in [0.15, 0.2) is 6.10 Å². The van der Waals surface area contributed by atoms with E-state index in [1.54, 1.807) is 48.5 Å². The molecule has 0 radical (unpaired) electrons. The quantitative estimate of drug-likeness (QED) is 0.346. The topological polar surface area (TPSA) is 75.6 Å². The highest BCUT2D eigenvalue weighted by Crippen LogP contribution is 2.38. The van der Waals surface area contributed by atoms with E-state index in [1.807, 2.05) is 36.4 Å². The Kier molecular flexibility index (Phi) is 7.33. The van der Waals surface area contributed by atoms with Crippen molar-refractivity contribution in [2.24, 2.45) is 5.92 Å². The molecule has 0 unspecified atom stereocenters. The minimum absolute atomic E-state index is 0.147. The van der Waals surface area contributed by atoms with E-state index in [0.29, 0.717) is 34.8 Å². The average Bonchev–Trinajstić information content (AvgIpc) is 2.94. The molecule has 0 spiro atoms. The van der Waals surface area contributed by atoms with E-state index in [1.165, 1.54) is 0 Å². The molecule has 0 saturated carbocycles. The van der Waals surface area contributed by atoms with Gasteiger partial charge in [-0.3, -0.25) is 4.79 Å². The Labute approximate surface area is 222 Å². The average molecular weight is 520 g/mol. The van der Waals surface area contributed by atoms with Gasteiger partial charge in [0.05, 0.1) is 26.2 Å². The van der Waals surface area contributed by atoms with Crippen LogP contribution >= 0.6 is 11.6 Å². The molecule has 1 atom stereocenters. The summed E-state index contributed by atoms with van der Waals surface area (Å²) in [5, 5.41) is 15.3. The molecule has 6 nitrogen and oxygen atoms in total. The Morgan fingerprint density at radius 3 is 2.16 bits per heavy atom. The predicted octanol–water partition coefficient (Wildman–Crippen LogP) is 4.16. The zero-order chi connectivity index (χ0) is 25.9. The second kappa shape index (κ2) is 10.7. The van der Waals surface area contributed by atoms with Crippen molar-refractivity contribution >= 4 is 23.5 Å². The summed E-state index contributed by atoms with van der Waals surface area (Å²) >= 11 is 6.02. The summed E-state index contributed by atoms with van der Waals surface area (Å²) in [6, 6.07) is 24.9. The van der Waals surface area contributed by atoms with Gasteiger partial charge in [-0.2, -0.15) is 0 Å². The van der Waals surface area contributed by atoms with Crippen LogP contribution < -0.4 is 5.32 Å². The van der Waals surface area contributed by atoms with Crippen molar-refractivity contribution in [1.29, 1.82) is 0 Å². The Hall–Kier alpha value is -3.19. The first kappa shape index (κ1) is 25.5. The van der Waals surface area contributed by atoms with Crippen LogP contribution in [0.5, 0.6) is 0 Å². The second-order valence-corrected chi connectivity index (χ2v) is 10.6. The summed E-state index contributed by atoms with van der Waals surface area (Å²) in [5.41, 5.74) is -0.373. The number of benzene rings is 3. The van der Waals surface area contributed by atoms with E-state index < -0.39 is 11.6 Å². The van der Waals surface area contributed by atoms with E-state index in [9.17, 15) is 14.7 Å². The van der Waals surface area contributed by atoms with Crippen LogP contribution in [0.4, 0.5) is 0 Å². The molecule has 6 rings (SSSR count). The molecule has 3 aromatic carbocycles. The first-order chi connectivity index (χ1) is 17.9. The van der Waals surface area contributed by atoms with Crippen molar-refractivity contribution in [2.45, 2.75) is 24.5 Å². The summed E-state index contributed by atoms with van der Waals surface area (Å²) in [4.78, 5) is 26.2. The number of carbonyl (C=O) groups is 2. The fraction of sp³-hybridized carbons (Fsp3) is 0.333. The van der Waals surface area contributed by atoms with Crippen LogP contribution in [-0.4, -0.2) is 60.3 Å². The third-order valence-corrected chi connectivity index (χ3v) is 8.17. The number of nitrogens with one attached hydrogen (secondary N) is 1. The highest BCUT2D eigenvalue weighted by Gasteiger charge is 2.50. The third-order valence-electron chi connectivity index (χ3n) is 7.94. The lowest BCUT2D eigenvalue weighted by Gasteiger charge is -2.52. The number of amides is 1. The molecular weight excluding hydrogens is 488 g/mol. The summed E-state index contributed by atoms with van der Waals surface area (Å²) in [6.07, 6.45) is 1.63. The first-order valence-electron chi connectivity index (χ1n) is 12.8. The molecule has 0 aromatic heterocycles. The summed E-state index contributed by atoms with van der Waals surface area (Å²) in [6.45, 7) is 3.95. The van der Waals surface area contributed by atoms with Crippen molar-refractivity contribution in [3.63, 3.8) is 0 Å². The summed E-state index contributed by atoms with van der Waals surface area (Å²) in [5.74, 6) is -0.511. The molecule has 3 aliphatic heterocycles. The van der Waals surface area contributed by atoms with Crippen LogP contribution in [0.1, 0.15) is 34.3 Å². The van der Waals surface area contributed by atoms with E-state index >= 15 is 0 Å². The number of piperidine rings is 3. The molecular formula is C30H32ClN2O4+. The van der Waals surface area contributed by atoms with Crippen molar-refractivity contribution in [1.82, 2.24) is 5.32 Å². The fourth-order valence-electron chi connectivity index (χ4n) is 5.79. The largest absolute Gasteiger partial charge is 0.453 e. The van der Waals surface area contributed by atoms with Gasteiger partial charge < -0.3 is 19.6 Å². The third kappa shape index (κ3) is 5.28. The van der Waals surface area contributed by atoms with E-state index in [0.717, 1.165) is 37.0 Å². The van der Waals surface area contributed by atoms with Gasteiger partial charge >= 0.3 is 5.97 Å². The molecule has 1 amide bonds. The highest BCUT2D eigenvalue weighted by atomic mass is 35.5. The standard InChI is InChI=1S/C30H31ClN2O4/c31-26-13-7-8-23(20-26)28(34)32-16-19-33-17-14-22(15-18-33)27(21-33)37-29(35)30(36,24-9-3-1-4-10-24)25-11-5-2-6-12-25/h1-13,20,22,27,36H,14-19,21H2/p+1/t22?,27-,33?/m0/s1. The number of nitrogens with zero attached hydrogens (tertiary/aromatic N) is 1. The van der Waals surface area contributed by atoms with Crippen LogP contribution in [0.3, 0.4) is 0 Å². The van der Waals surface area contributed by atoms with Crippen LogP contribution in [0.15, 0.2) is 84.9 Å². The molecule has 2 N–H and O–H groups in total. The zero-order valence-electron chi connectivity index (χ0n) is 20.7. The van der Waals surface area contributed by atoms with Gasteiger partial charge in [-0.25, -0.2) is 4.79 Å². The number of aliphatic hydroxyl groups is 1. The second-order valence-electron chi connectivity index (χ2n) is 10.2. The monoisotopic (exact) mass is 519 g/mol. The first-order valence-corrected chi connectivity index (χ1v) is 13.2. The van der Waals surface area contributed by atoms with Gasteiger partial charge in [0.1, 0.15) is 6.54 Å². The molecule has 3 aromatic rings. The SMILES string of the molecule is O=C(NCC[N+]12CCC(CC1)[C@@H](OC(=O)C(O)(c1ccccc1)c1ccccc1)C2)c1cccc(Cl)c1. The minimum Gasteiger partial charge on any atom is -0.453 e. The van der Waals surface area contributed by atoms with E-state index in [4.69, 9.17) is 16.3 Å². The maximum atomic E-state index is 13.7. The molecule has 0 aliphatic carbocycles. The molecule has 192 valence electrons. The molecule has 3 heterocycles. The van der Waals surface area contributed by atoms with Crippen molar-refractivity contribution < 1.29 is 23.9 Å². The number of quaternary nitrogens is 1. The number of ether oxygens (including phenoxy) is 1. The predicted molar refractivity (Wildman–Crippen MR) is 142 cm³/mol. The van der Waals surface area contributed by atoms with Gasteiger partial charge in [-0.1, -0.05) is 78.3 Å². The van der Waals surface area contributed by atoms with E-state index in [2.05, 4.69) is 5.32 Å². The Bertz CT molecular complexity index is 1200. The number of rotatable bonds is 8. The van der Waals surface area contributed by atoms with Crippen LogP contribution in [0, 0.1) is 5.92 Å². The fourth-order valence-corrected chi connectivity index (χ4v) is 5.98. The van der Waals surface area contributed by atoms with Gasteiger partial charge in [0, 0.05) is 29.3 Å². The smallest absolute Gasteiger partial charge is 0.348 e. The zero-order valence-corrected chi connectivity index (χ0v) is 21.4. The van der Waals surface area contributed by atoms with Crippen molar-refractivity contribution in [3.05, 3.63) is 107 Å². The number of fused-ring (bicyclic) bond motifs is 3. The molecule has 7 heteroatoms. The van der Waals surface area contributed by atoms with Crippen molar-refractivity contribution in [3.8, 4) is 0 Å². The summed E-state index contributed by atoms with van der Waals surface area (Å²) < 4.78 is 6.92. The van der Waals surface area contributed by atoms with Crippen LogP contribution in [-0.2, 0) is 15.1 Å². The molecule has 3 saturated heterocycles. The molecule has 3 fully saturated rings. The maximum absolute atomic E-state index is 13.7. The number of hydrogen-bond donors (Lipinski definition) is 2. The lowest BCUT2D eigenvalue weighted by atomic mass is 9.82. The molecule has 2 bridgehead atoms. The molecule has 3 aliphatic rings. The van der Waals surface area contributed by atoms with Crippen LogP contribution in [0.2, 0.25) is 5.02 Å². The van der Waals surface area contributed by atoms with Gasteiger partial charge in [-0.15, -0.1) is 0 Å². The highest BCUT2D eigenvalue weighted by molar-refractivity contribution is 6.30. The van der Waals surface area contributed by atoms with Gasteiger partial charge in [0.25, 0.3) is 5.91 Å². The normalized spacial score (nSPS) is 22.9. The van der Waals surface area contributed by atoms with Gasteiger partial charge in [0.2, 0.25) is 5.60 Å². The molecule has 37 heavy (non-hydrogen) atoms. The number of halogens is 1.